The molecule has 2 aromatic rings. The fraction of sp³-hybridized carbons (Fsp3) is 0.368. The van der Waals surface area contributed by atoms with Crippen molar-refractivity contribution in [2.45, 2.75) is 31.2 Å². The van der Waals surface area contributed by atoms with E-state index >= 15 is 0 Å². The van der Waals surface area contributed by atoms with Crippen molar-refractivity contribution in [2.24, 2.45) is 11.7 Å². The first-order valence-corrected chi connectivity index (χ1v) is 8.37. The maximum absolute atomic E-state index is 14.1. The van der Waals surface area contributed by atoms with Gasteiger partial charge in [-0.3, -0.25) is 10.3 Å². The highest BCUT2D eigenvalue weighted by Crippen LogP contribution is 2.40. The summed E-state index contributed by atoms with van der Waals surface area (Å²) in [5.41, 5.74) is 7.75. The SMILES string of the molecule is COC(=O)Nc1cc(C(N)(CCC2CC2)c2ccncc2)ccc1F. The second kappa shape index (κ2) is 7.19. The molecule has 0 saturated heterocycles. The van der Waals surface area contributed by atoms with Gasteiger partial charge < -0.3 is 10.5 Å². The Bertz CT molecular complexity index is 750. The van der Waals surface area contributed by atoms with Crippen LogP contribution in [-0.4, -0.2) is 18.2 Å². The number of benzene rings is 1. The summed E-state index contributed by atoms with van der Waals surface area (Å²) in [5, 5.41) is 2.40. The van der Waals surface area contributed by atoms with Gasteiger partial charge >= 0.3 is 6.09 Å². The molecule has 1 aliphatic carbocycles. The Balaban J connectivity index is 1.97. The zero-order valence-electron chi connectivity index (χ0n) is 14.2. The van der Waals surface area contributed by atoms with Crippen LogP contribution < -0.4 is 11.1 Å². The highest BCUT2D eigenvalue weighted by molar-refractivity contribution is 5.84. The number of anilines is 1. The van der Waals surface area contributed by atoms with Crippen LogP contribution >= 0.6 is 0 Å². The van der Waals surface area contributed by atoms with E-state index in [1.165, 1.54) is 26.0 Å². The molecule has 132 valence electrons. The van der Waals surface area contributed by atoms with Crippen molar-refractivity contribution in [3.63, 3.8) is 0 Å². The van der Waals surface area contributed by atoms with Crippen LogP contribution in [-0.2, 0) is 10.3 Å². The van der Waals surface area contributed by atoms with Gasteiger partial charge in [0.2, 0.25) is 0 Å². The molecular weight excluding hydrogens is 321 g/mol. The average Bonchev–Trinajstić information content (AvgIpc) is 3.46. The van der Waals surface area contributed by atoms with Crippen LogP contribution in [0, 0.1) is 11.7 Å². The summed E-state index contributed by atoms with van der Waals surface area (Å²) < 4.78 is 18.6. The van der Waals surface area contributed by atoms with E-state index in [2.05, 4.69) is 15.0 Å². The molecule has 6 heteroatoms. The van der Waals surface area contributed by atoms with Gasteiger partial charge in [0, 0.05) is 12.4 Å². The lowest BCUT2D eigenvalue weighted by molar-refractivity contribution is 0.186. The van der Waals surface area contributed by atoms with E-state index in [9.17, 15) is 9.18 Å². The van der Waals surface area contributed by atoms with Crippen molar-refractivity contribution in [3.8, 4) is 0 Å². The summed E-state index contributed by atoms with van der Waals surface area (Å²) in [5.74, 6) is 0.186. The summed E-state index contributed by atoms with van der Waals surface area (Å²) >= 11 is 0. The monoisotopic (exact) mass is 343 g/mol. The van der Waals surface area contributed by atoms with Crippen LogP contribution in [0.3, 0.4) is 0 Å². The number of ether oxygens (including phenoxy) is 1. The standard InChI is InChI=1S/C19H22FN3O2/c1-25-18(24)23-17-12-15(4-5-16(17)20)19(21,9-6-13-2-3-13)14-7-10-22-11-8-14/h4-5,7-8,10-13H,2-3,6,9,21H2,1H3,(H,23,24). The third-order valence-corrected chi connectivity index (χ3v) is 4.74. The molecule has 0 radical (unpaired) electrons. The van der Waals surface area contributed by atoms with Crippen LogP contribution in [0.5, 0.6) is 0 Å². The number of pyridine rings is 1. The van der Waals surface area contributed by atoms with E-state index < -0.39 is 17.4 Å². The predicted molar refractivity (Wildman–Crippen MR) is 93.6 cm³/mol. The Morgan fingerprint density at radius 1 is 1.32 bits per heavy atom. The topological polar surface area (TPSA) is 77.2 Å². The van der Waals surface area contributed by atoms with Gasteiger partial charge in [0.25, 0.3) is 0 Å². The first kappa shape index (κ1) is 17.4. The molecule has 1 atom stereocenters. The molecule has 5 nitrogen and oxygen atoms in total. The molecule has 25 heavy (non-hydrogen) atoms. The zero-order valence-corrected chi connectivity index (χ0v) is 14.2. The quantitative estimate of drug-likeness (QED) is 0.836. The molecule has 1 fully saturated rings. The van der Waals surface area contributed by atoms with E-state index in [0.717, 1.165) is 29.9 Å². The highest BCUT2D eigenvalue weighted by atomic mass is 19.1. The Morgan fingerprint density at radius 3 is 2.68 bits per heavy atom. The molecular formula is C19H22FN3O2. The van der Waals surface area contributed by atoms with E-state index in [0.29, 0.717) is 0 Å². The van der Waals surface area contributed by atoms with E-state index in [1.54, 1.807) is 24.5 Å². The Morgan fingerprint density at radius 2 is 2.04 bits per heavy atom. The van der Waals surface area contributed by atoms with Crippen LogP contribution in [0.2, 0.25) is 0 Å². The number of aromatic nitrogens is 1. The number of nitrogens with zero attached hydrogens (tertiary/aromatic N) is 1. The van der Waals surface area contributed by atoms with Gasteiger partial charge in [-0.1, -0.05) is 18.9 Å². The number of nitrogens with two attached hydrogens (primary N) is 1. The molecule has 1 aromatic carbocycles. The maximum Gasteiger partial charge on any atom is 0.411 e. The van der Waals surface area contributed by atoms with Gasteiger partial charge in [-0.2, -0.15) is 0 Å². The number of rotatable bonds is 6. The summed E-state index contributed by atoms with van der Waals surface area (Å²) in [4.78, 5) is 15.5. The Labute approximate surface area is 146 Å². The lowest BCUT2D eigenvalue weighted by atomic mass is 9.79. The van der Waals surface area contributed by atoms with E-state index in [4.69, 9.17) is 5.73 Å². The first-order valence-electron chi connectivity index (χ1n) is 8.37. The van der Waals surface area contributed by atoms with Gasteiger partial charge in [0.15, 0.2) is 0 Å². The lowest BCUT2D eigenvalue weighted by Gasteiger charge is -2.31. The van der Waals surface area contributed by atoms with Gasteiger partial charge in [-0.05, 0) is 54.2 Å². The summed E-state index contributed by atoms with van der Waals surface area (Å²) in [6.45, 7) is 0. The predicted octanol–water partition coefficient (Wildman–Crippen LogP) is 3.79. The summed E-state index contributed by atoms with van der Waals surface area (Å²) in [7, 11) is 1.23. The molecule has 3 N–H and O–H groups in total. The van der Waals surface area contributed by atoms with Gasteiger partial charge in [-0.15, -0.1) is 0 Å². The minimum atomic E-state index is -0.772. The number of methoxy groups -OCH3 is 1. The Kier molecular flexibility index (Phi) is 4.99. The van der Waals surface area contributed by atoms with Crippen molar-refractivity contribution in [2.75, 3.05) is 12.4 Å². The molecule has 0 bridgehead atoms. The fourth-order valence-corrected chi connectivity index (χ4v) is 3.00. The number of carbonyl (C=O) groups excluding carboxylic acids is 1. The second-order valence-corrected chi connectivity index (χ2v) is 6.50. The lowest BCUT2D eigenvalue weighted by Crippen LogP contribution is -2.38. The molecule has 1 unspecified atom stereocenters. The number of hydrogen-bond acceptors (Lipinski definition) is 4. The first-order chi connectivity index (χ1) is 12.0. The number of hydrogen-bond donors (Lipinski definition) is 2. The number of nitrogens with one attached hydrogen (secondary N) is 1. The highest BCUT2D eigenvalue weighted by Gasteiger charge is 2.33. The summed E-state index contributed by atoms with van der Waals surface area (Å²) in [6.07, 6.45) is 6.91. The van der Waals surface area contributed by atoms with Gasteiger partial charge in [0.1, 0.15) is 5.82 Å². The van der Waals surface area contributed by atoms with Crippen LogP contribution in [0.25, 0.3) is 0 Å². The molecule has 1 amide bonds. The molecule has 1 heterocycles. The maximum atomic E-state index is 14.1. The van der Waals surface area contributed by atoms with Crippen LogP contribution in [0.1, 0.15) is 36.8 Å². The van der Waals surface area contributed by atoms with Crippen LogP contribution in [0.4, 0.5) is 14.9 Å². The molecule has 1 saturated carbocycles. The van der Waals surface area contributed by atoms with E-state index in [-0.39, 0.29) is 5.69 Å². The molecule has 0 aliphatic heterocycles. The molecule has 3 rings (SSSR count). The third kappa shape index (κ3) is 3.96. The number of amides is 1. The second-order valence-electron chi connectivity index (χ2n) is 6.50. The molecule has 0 spiro atoms. The number of halogens is 1. The van der Waals surface area contributed by atoms with Crippen molar-refractivity contribution >= 4 is 11.8 Å². The Hall–Kier alpha value is -2.47. The fourth-order valence-electron chi connectivity index (χ4n) is 3.00. The normalized spacial score (nSPS) is 16.1. The third-order valence-electron chi connectivity index (χ3n) is 4.74. The smallest absolute Gasteiger partial charge is 0.411 e. The minimum absolute atomic E-state index is 0.0552. The summed E-state index contributed by atoms with van der Waals surface area (Å²) in [6, 6.07) is 8.33. The minimum Gasteiger partial charge on any atom is -0.453 e. The van der Waals surface area contributed by atoms with Gasteiger partial charge in [-0.25, -0.2) is 9.18 Å². The van der Waals surface area contributed by atoms with E-state index in [1.807, 2.05) is 12.1 Å². The zero-order chi connectivity index (χ0) is 17.9. The van der Waals surface area contributed by atoms with Crippen molar-refractivity contribution in [1.29, 1.82) is 0 Å². The van der Waals surface area contributed by atoms with Crippen molar-refractivity contribution in [1.82, 2.24) is 4.98 Å². The average molecular weight is 343 g/mol. The van der Waals surface area contributed by atoms with Crippen LogP contribution in [0.15, 0.2) is 42.7 Å². The molecule has 1 aromatic heterocycles. The number of carbonyl (C=O) groups is 1. The largest absolute Gasteiger partial charge is 0.453 e. The van der Waals surface area contributed by atoms with Crippen molar-refractivity contribution in [3.05, 3.63) is 59.7 Å². The molecule has 1 aliphatic rings. The van der Waals surface area contributed by atoms with Crippen molar-refractivity contribution < 1.29 is 13.9 Å². The van der Waals surface area contributed by atoms with Gasteiger partial charge in [0.05, 0.1) is 18.3 Å².